The molecule has 0 saturated carbocycles. The van der Waals surface area contributed by atoms with E-state index in [0.717, 1.165) is 18.1 Å². The smallest absolute Gasteiger partial charge is 0.187 e. The van der Waals surface area contributed by atoms with Crippen molar-refractivity contribution >= 4 is 8.32 Å². The minimum atomic E-state index is -1.67. The van der Waals surface area contributed by atoms with E-state index in [4.69, 9.17) is 15.3 Å². The number of hydrogen-bond acceptors (Lipinski definition) is 4. The molecule has 0 spiro atoms. The second kappa shape index (κ2) is 23.0. The molecule has 4 N–H and O–H groups in total. The van der Waals surface area contributed by atoms with Gasteiger partial charge in [0.05, 0.1) is 0 Å². The summed E-state index contributed by atoms with van der Waals surface area (Å²) in [5.74, 6) is 0. The van der Waals surface area contributed by atoms with Gasteiger partial charge in [0.2, 0.25) is 0 Å². The predicted molar refractivity (Wildman–Crippen MR) is 91.5 cm³/mol. The van der Waals surface area contributed by atoms with Crippen LogP contribution in [0.4, 0.5) is 0 Å². The van der Waals surface area contributed by atoms with Crippen molar-refractivity contribution in [2.24, 2.45) is 0 Å². The van der Waals surface area contributed by atoms with Crippen molar-refractivity contribution in [3.05, 3.63) is 0 Å². The summed E-state index contributed by atoms with van der Waals surface area (Å²) >= 11 is 0. The van der Waals surface area contributed by atoms with Gasteiger partial charge in [-0.1, -0.05) is 20.8 Å². The van der Waals surface area contributed by atoms with Crippen molar-refractivity contribution in [3.8, 4) is 0 Å². The zero-order valence-corrected chi connectivity index (χ0v) is 18.2. The molecule has 0 fully saturated rings. The van der Waals surface area contributed by atoms with Crippen LogP contribution in [-0.2, 0) is 21.7 Å². The fourth-order valence-electron chi connectivity index (χ4n) is 0.750. The molecule has 0 aromatic rings. The van der Waals surface area contributed by atoms with E-state index in [0.29, 0.717) is 0 Å². The SMILES string of the molecule is CC(C)O.CC(C)O.CC(C)O.CC[Si](O)(CC)CC.[Ti]. The molecule has 0 heterocycles. The molecular formula is C15H40O4SiTi. The van der Waals surface area contributed by atoms with E-state index >= 15 is 0 Å². The molecule has 0 aliphatic carbocycles. The molecule has 0 rings (SSSR count). The Labute approximate surface area is 149 Å². The van der Waals surface area contributed by atoms with Crippen LogP contribution in [0.15, 0.2) is 0 Å². The van der Waals surface area contributed by atoms with Crippen molar-refractivity contribution in [1.29, 1.82) is 0 Å². The van der Waals surface area contributed by atoms with Crippen LogP contribution in [0.25, 0.3) is 0 Å². The normalized spacial score (nSPS) is 9.71. The van der Waals surface area contributed by atoms with Gasteiger partial charge < -0.3 is 20.1 Å². The molecule has 0 unspecified atom stereocenters. The first-order valence-electron chi connectivity index (χ1n) is 7.64. The van der Waals surface area contributed by atoms with Gasteiger partial charge in [0.15, 0.2) is 8.32 Å². The maximum atomic E-state index is 9.58. The monoisotopic (exact) mass is 360 g/mol. The topological polar surface area (TPSA) is 80.9 Å². The summed E-state index contributed by atoms with van der Waals surface area (Å²) in [4.78, 5) is 9.58. The molecule has 0 atom stereocenters. The minimum Gasteiger partial charge on any atom is -0.432 e. The van der Waals surface area contributed by atoms with Crippen LogP contribution >= 0.6 is 0 Å². The van der Waals surface area contributed by atoms with Crippen molar-refractivity contribution in [2.75, 3.05) is 0 Å². The van der Waals surface area contributed by atoms with Crippen molar-refractivity contribution < 1.29 is 41.8 Å². The summed E-state index contributed by atoms with van der Waals surface area (Å²) in [6, 6.07) is 3.04. The van der Waals surface area contributed by atoms with Crippen molar-refractivity contribution in [2.45, 2.75) is 98.8 Å². The first-order chi connectivity index (χ1) is 8.88. The van der Waals surface area contributed by atoms with Crippen molar-refractivity contribution in [1.82, 2.24) is 0 Å². The van der Waals surface area contributed by atoms with Gasteiger partial charge in [0.25, 0.3) is 0 Å². The molecule has 0 aliphatic heterocycles. The first-order valence-corrected chi connectivity index (χ1v) is 10.2. The third kappa shape index (κ3) is 76.7. The minimum absolute atomic E-state index is 0. The Morgan fingerprint density at radius 1 is 0.619 bits per heavy atom. The largest absolute Gasteiger partial charge is 0.432 e. The molecule has 4 nitrogen and oxygen atoms in total. The van der Waals surface area contributed by atoms with E-state index < -0.39 is 8.32 Å². The number of hydrogen-bond donors (Lipinski definition) is 4. The molecule has 132 valence electrons. The fourth-order valence-corrected chi connectivity index (χ4v) is 2.25. The van der Waals surface area contributed by atoms with Gasteiger partial charge in [-0.3, -0.25) is 0 Å². The summed E-state index contributed by atoms with van der Waals surface area (Å²) in [6.45, 7) is 16.6. The van der Waals surface area contributed by atoms with E-state index in [1.807, 2.05) is 0 Å². The van der Waals surface area contributed by atoms with Gasteiger partial charge in [-0.15, -0.1) is 0 Å². The van der Waals surface area contributed by atoms with E-state index in [1.54, 1.807) is 41.5 Å². The quantitative estimate of drug-likeness (QED) is 0.583. The van der Waals surface area contributed by atoms with Crippen LogP contribution < -0.4 is 0 Å². The summed E-state index contributed by atoms with van der Waals surface area (Å²) in [7, 11) is -1.67. The first kappa shape index (κ1) is 33.4. The average Bonchev–Trinajstić information content (AvgIpc) is 2.26. The van der Waals surface area contributed by atoms with Gasteiger partial charge in [-0.2, -0.15) is 0 Å². The van der Waals surface area contributed by atoms with Gasteiger partial charge in [0, 0.05) is 40.0 Å². The van der Waals surface area contributed by atoms with Crippen LogP contribution in [0.5, 0.6) is 0 Å². The maximum Gasteiger partial charge on any atom is 0.187 e. The molecule has 21 heavy (non-hydrogen) atoms. The van der Waals surface area contributed by atoms with E-state index in [-0.39, 0.29) is 40.0 Å². The van der Waals surface area contributed by atoms with Crippen LogP contribution in [0.2, 0.25) is 18.1 Å². The number of rotatable bonds is 3. The second-order valence-electron chi connectivity index (χ2n) is 5.57. The second-order valence-corrected chi connectivity index (χ2v) is 10.1. The number of aliphatic hydroxyl groups excluding tert-OH is 3. The Balaban J connectivity index is -0.0000000570. The van der Waals surface area contributed by atoms with Gasteiger partial charge in [0.1, 0.15) is 0 Å². The van der Waals surface area contributed by atoms with E-state index in [2.05, 4.69) is 20.8 Å². The Hall–Kier alpha value is 0.771. The molecule has 0 amide bonds. The maximum absolute atomic E-state index is 9.58. The molecule has 0 saturated heterocycles. The van der Waals surface area contributed by atoms with E-state index in [9.17, 15) is 4.80 Å². The molecule has 0 aromatic heterocycles. The van der Waals surface area contributed by atoms with Gasteiger partial charge >= 0.3 is 0 Å². The Morgan fingerprint density at radius 3 is 0.714 bits per heavy atom. The average molecular weight is 360 g/mol. The molecule has 0 aromatic carbocycles. The molecule has 6 heteroatoms. The Bertz CT molecular complexity index is 133. The zero-order chi connectivity index (χ0) is 17.4. The standard InChI is InChI=1S/C6H16OSi.3C3H8O.Ti/c1-4-8(7,5-2)6-3;3*1-3(2)4;/h7H,4-6H2,1-3H3;3*3-4H,1-2H3;. The van der Waals surface area contributed by atoms with Gasteiger partial charge in [-0.25, -0.2) is 0 Å². The third-order valence-electron chi connectivity index (χ3n) is 1.97. The Morgan fingerprint density at radius 2 is 0.714 bits per heavy atom. The van der Waals surface area contributed by atoms with Crippen LogP contribution in [-0.4, -0.2) is 46.7 Å². The van der Waals surface area contributed by atoms with Crippen LogP contribution in [0, 0.1) is 0 Å². The molecule has 0 radical (unpaired) electrons. The summed E-state index contributed by atoms with van der Waals surface area (Å²) in [5.41, 5.74) is 0. The van der Waals surface area contributed by atoms with Gasteiger partial charge in [-0.05, 0) is 59.7 Å². The summed E-state index contributed by atoms with van der Waals surface area (Å²) in [6.07, 6.45) is -0.500. The fraction of sp³-hybridized carbons (Fsp3) is 1.00. The molecule has 0 bridgehead atoms. The van der Waals surface area contributed by atoms with Crippen LogP contribution in [0.1, 0.15) is 62.3 Å². The summed E-state index contributed by atoms with van der Waals surface area (Å²) in [5, 5.41) is 24.2. The molecular weight excluding hydrogens is 320 g/mol. The van der Waals surface area contributed by atoms with E-state index in [1.165, 1.54) is 0 Å². The van der Waals surface area contributed by atoms with Crippen LogP contribution in [0.3, 0.4) is 0 Å². The molecule has 0 aliphatic rings. The number of aliphatic hydroxyl groups is 3. The third-order valence-corrected chi connectivity index (χ3v) is 5.92. The Kier molecular flexibility index (Phi) is 36.6. The summed E-state index contributed by atoms with van der Waals surface area (Å²) < 4.78 is 0. The zero-order valence-electron chi connectivity index (χ0n) is 15.6. The predicted octanol–water partition coefficient (Wildman–Crippen LogP) is 3.14. The van der Waals surface area contributed by atoms with Crippen molar-refractivity contribution in [3.63, 3.8) is 0 Å².